The van der Waals surface area contributed by atoms with Gasteiger partial charge in [-0.15, -0.1) is 0 Å². The Hall–Kier alpha value is -0.570. The van der Waals surface area contributed by atoms with Crippen LogP contribution in [0.5, 0.6) is 0 Å². The van der Waals surface area contributed by atoms with E-state index in [1.54, 1.807) is 0 Å². The molecule has 3 nitrogen and oxygen atoms in total. The zero-order chi connectivity index (χ0) is 12.1. The van der Waals surface area contributed by atoms with Crippen molar-refractivity contribution in [3.63, 3.8) is 0 Å². The number of rotatable bonds is 4. The lowest BCUT2D eigenvalue weighted by Crippen LogP contribution is -2.42. The third kappa shape index (κ3) is 3.78. The van der Waals surface area contributed by atoms with Crippen LogP contribution in [0.25, 0.3) is 0 Å². The molecule has 3 heteroatoms. The maximum absolute atomic E-state index is 12.0. The van der Waals surface area contributed by atoms with Crippen molar-refractivity contribution in [1.29, 1.82) is 0 Å². The number of hydrogen-bond donors (Lipinski definition) is 2. The minimum atomic E-state index is 0.200. The number of nitrogens with one attached hydrogen (secondary N) is 1. The van der Waals surface area contributed by atoms with Gasteiger partial charge in [-0.1, -0.05) is 20.3 Å². The zero-order valence-corrected chi connectivity index (χ0v) is 10.8. The Labute approximate surface area is 99.2 Å². The van der Waals surface area contributed by atoms with Gasteiger partial charge >= 0.3 is 0 Å². The smallest absolute Gasteiger partial charge is 0.223 e. The first-order valence-corrected chi connectivity index (χ1v) is 6.60. The molecule has 0 aliphatic heterocycles. The summed E-state index contributed by atoms with van der Waals surface area (Å²) >= 11 is 0. The maximum atomic E-state index is 12.0. The van der Waals surface area contributed by atoms with E-state index < -0.39 is 0 Å². The Kier molecular flexibility index (Phi) is 5.26. The second kappa shape index (κ2) is 6.24. The molecule has 94 valence electrons. The third-order valence-electron chi connectivity index (χ3n) is 4.01. The molecule has 1 rings (SSSR count). The topological polar surface area (TPSA) is 55.1 Å². The van der Waals surface area contributed by atoms with Gasteiger partial charge < -0.3 is 11.1 Å². The van der Waals surface area contributed by atoms with Crippen LogP contribution in [0, 0.1) is 11.8 Å². The third-order valence-corrected chi connectivity index (χ3v) is 4.01. The van der Waals surface area contributed by atoms with Crippen LogP contribution in [-0.4, -0.2) is 18.0 Å². The Bertz CT molecular complexity index is 222. The molecule has 0 bridgehead atoms. The molecule has 0 saturated heterocycles. The molecule has 1 aliphatic carbocycles. The van der Waals surface area contributed by atoms with E-state index in [0.29, 0.717) is 12.0 Å². The van der Waals surface area contributed by atoms with Crippen LogP contribution in [-0.2, 0) is 4.79 Å². The van der Waals surface area contributed by atoms with E-state index in [9.17, 15) is 4.79 Å². The minimum Gasteiger partial charge on any atom is -0.353 e. The van der Waals surface area contributed by atoms with Crippen molar-refractivity contribution >= 4 is 5.91 Å². The van der Waals surface area contributed by atoms with Crippen LogP contribution in [0.2, 0.25) is 0 Å². The standard InChI is InChI=1S/C13H26N2O/c1-4-9(2)10(3)15-13(16)11-5-7-12(14)8-6-11/h9-12H,4-8,14H2,1-3H3,(H,15,16). The van der Waals surface area contributed by atoms with Crippen LogP contribution in [0.3, 0.4) is 0 Å². The molecular weight excluding hydrogens is 200 g/mol. The van der Waals surface area contributed by atoms with Gasteiger partial charge in [-0.25, -0.2) is 0 Å². The first-order valence-electron chi connectivity index (χ1n) is 6.60. The molecule has 0 aromatic rings. The van der Waals surface area contributed by atoms with Crippen molar-refractivity contribution in [2.75, 3.05) is 0 Å². The minimum absolute atomic E-state index is 0.200. The largest absolute Gasteiger partial charge is 0.353 e. The molecule has 2 unspecified atom stereocenters. The van der Waals surface area contributed by atoms with Gasteiger partial charge in [0.1, 0.15) is 0 Å². The van der Waals surface area contributed by atoms with Gasteiger partial charge in [0.15, 0.2) is 0 Å². The summed E-state index contributed by atoms with van der Waals surface area (Å²) < 4.78 is 0. The molecule has 1 aliphatic rings. The number of carbonyl (C=O) groups excluding carboxylic acids is 1. The molecule has 0 aromatic carbocycles. The lowest BCUT2D eigenvalue weighted by Gasteiger charge is -2.28. The van der Waals surface area contributed by atoms with Crippen molar-refractivity contribution < 1.29 is 4.79 Å². The molecular formula is C13H26N2O. The predicted octanol–water partition coefficient (Wildman–Crippen LogP) is 2.05. The second-order valence-corrected chi connectivity index (χ2v) is 5.29. The predicted molar refractivity (Wildman–Crippen MR) is 67.0 cm³/mol. The molecule has 1 fully saturated rings. The fraction of sp³-hybridized carbons (Fsp3) is 0.923. The van der Waals surface area contributed by atoms with Crippen LogP contribution in [0.4, 0.5) is 0 Å². The first kappa shape index (κ1) is 13.5. The van der Waals surface area contributed by atoms with E-state index in [-0.39, 0.29) is 17.9 Å². The van der Waals surface area contributed by atoms with E-state index in [2.05, 4.69) is 26.1 Å². The van der Waals surface area contributed by atoms with Crippen molar-refractivity contribution in [3.8, 4) is 0 Å². The van der Waals surface area contributed by atoms with Gasteiger partial charge in [0.05, 0.1) is 0 Å². The fourth-order valence-electron chi connectivity index (χ4n) is 2.22. The Morgan fingerprint density at radius 3 is 2.38 bits per heavy atom. The van der Waals surface area contributed by atoms with Crippen molar-refractivity contribution in [2.24, 2.45) is 17.6 Å². The summed E-state index contributed by atoms with van der Waals surface area (Å²) in [4.78, 5) is 12.0. The molecule has 16 heavy (non-hydrogen) atoms. The SMILES string of the molecule is CCC(C)C(C)NC(=O)C1CCC(N)CC1. The fourth-order valence-corrected chi connectivity index (χ4v) is 2.22. The van der Waals surface area contributed by atoms with Gasteiger partial charge in [0.2, 0.25) is 5.91 Å². The highest BCUT2D eigenvalue weighted by molar-refractivity contribution is 5.79. The summed E-state index contributed by atoms with van der Waals surface area (Å²) in [5.41, 5.74) is 5.84. The summed E-state index contributed by atoms with van der Waals surface area (Å²) in [5.74, 6) is 0.987. The zero-order valence-electron chi connectivity index (χ0n) is 10.8. The average Bonchev–Trinajstić information content (AvgIpc) is 2.28. The van der Waals surface area contributed by atoms with Gasteiger partial charge in [0.25, 0.3) is 0 Å². The van der Waals surface area contributed by atoms with Crippen molar-refractivity contribution in [2.45, 2.75) is 65.0 Å². The molecule has 1 saturated carbocycles. The molecule has 0 radical (unpaired) electrons. The summed E-state index contributed by atoms with van der Waals surface area (Å²) in [5, 5.41) is 3.14. The molecule has 3 N–H and O–H groups in total. The van der Waals surface area contributed by atoms with Gasteiger partial charge in [-0.05, 0) is 38.5 Å². The Morgan fingerprint density at radius 1 is 1.31 bits per heavy atom. The molecule has 0 spiro atoms. The van der Waals surface area contributed by atoms with Gasteiger partial charge in [-0.3, -0.25) is 4.79 Å². The van der Waals surface area contributed by atoms with Gasteiger partial charge in [0, 0.05) is 18.0 Å². The van der Waals surface area contributed by atoms with Crippen molar-refractivity contribution in [1.82, 2.24) is 5.32 Å². The van der Waals surface area contributed by atoms with E-state index >= 15 is 0 Å². The van der Waals surface area contributed by atoms with Crippen molar-refractivity contribution in [3.05, 3.63) is 0 Å². The Balaban J connectivity index is 2.34. The lowest BCUT2D eigenvalue weighted by molar-refractivity contribution is -0.126. The van der Waals surface area contributed by atoms with Crippen LogP contribution in [0.1, 0.15) is 52.9 Å². The summed E-state index contributed by atoms with van der Waals surface area (Å²) in [6.45, 7) is 6.44. The lowest BCUT2D eigenvalue weighted by atomic mass is 9.85. The highest BCUT2D eigenvalue weighted by Crippen LogP contribution is 2.23. The van der Waals surface area contributed by atoms with Crippen LogP contribution < -0.4 is 11.1 Å². The van der Waals surface area contributed by atoms with E-state index in [4.69, 9.17) is 5.73 Å². The second-order valence-electron chi connectivity index (χ2n) is 5.29. The van der Waals surface area contributed by atoms with E-state index in [1.165, 1.54) is 0 Å². The van der Waals surface area contributed by atoms with E-state index in [1.807, 2.05) is 0 Å². The summed E-state index contributed by atoms with van der Waals surface area (Å²) in [7, 11) is 0. The normalized spacial score (nSPS) is 29.5. The average molecular weight is 226 g/mol. The highest BCUT2D eigenvalue weighted by atomic mass is 16.1. The molecule has 0 aromatic heterocycles. The Morgan fingerprint density at radius 2 is 1.88 bits per heavy atom. The number of carbonyl (C=O) groups is 1. The number of amides is 1. The highest BCUT2D eigenvalue weighted by Gasteiger charge is 2.25. The van der Waals surface area contributed by atoms with Crippen LogP contribution in [0.15, 0.2) is 0 Å². The number of nitrogens with two attached hydrogens (primary N) is 1. The number of hydrogen-bond acceptors (Lipinski definition) is 2. The monoisotopic (exact) mass is 226 g/mol. The molecule has 1 amide bonds. The van der Waals surface area contributed by atoms with E-state index in [0.717, 1.165) is 32.1 Å². The first-order chi connectivity index (χ1) is 7.54. The summed E-state index contributed by atoms with van der Waals surface area (Å²) in [6, 6.07) is 0.601. The molecule has 0 heterocycles. The maximum Gasteiger partial charge on any atom is 0.223 e. The summed E-state index contributed by atoms with van der Waals surface area (Å²) in [6.07, 6.45) is 5.02. The molecule has 2 atom stereocenters. The quantitative estimate of drug-likeness (QED) is 0.771. The van der Waals surface area contributed by atoms with Crippen LogP contribution >= 0.6 is 0 Å². The van der Waals surface area contributed by atoms with Gasteiger partial charge in [-0.2, -0.15) is 0 Å².